The quantitative estimate of drug-likeness (QED) is 0.799. The fourth-order valence-corrected chi connectivity index (χ4v) is 2.71. The SMILES string of the molecule is Cc1cc(C(=O)Nc2c(C)c(-c3ccccc3)nn2C)c(C)o1. The number of hydrogen-bond donors (Lipinski definition) is 1. The van der Waals surface area contributed by atoms with Crippen LogP contribution in [0.4, 0.5) is 5.82 Å². The summed E-state index contributed by atoms with van der Waals surface area (Å²) in [5, 5.41) is 7.47. The summed E-state index contributed by atoms with van der Waals surface area (Å²) in [5.41, 5.74) is 3.37. The average Bonchev–Trinajstić information content (AvgIpc) is 3.01. The number of nitrogens with zero attached hydrogens (tertiary/aromatic N) is 2. The van der Waals surface area contributed by atoms with E-state index in [2.05, 4.69) is 10.4 Å². The number of amides is 1. The lowest BCUT2D eigenvalue weighted by atomic mass is 10.1. The van der Waals surface area contributed by atoms with E-state index < -0.39 is 0 Å². The number of rotatable bonds is 3. The highest BCUT2D eigenvalue weighted by atomic mass is 16.3. The van der Waals surface area contributed by atoms with Gasteiger partial charge in [0, 0.05) is 18.2 Å². The fourth-order valence-electron chi connectivity index (χ4n) is 2.71. The van der Waals surface area contributed by atoms with Crippen molar-refractivity contribution < 1.29 is 9.21 Å². The Morgan fingerprint density at radius 1 is 1.17 bits per heavy atom. The summed E-state index contributed by atoms with van der Waals surface area (Å²) in [6.07, 6.45) is 0. The lowest BCUT2D eigenvalue weighted by molar-refractivity contribution is 0.102. The van der Waals surface area contributed by atoms with Crippen molar-refractivity contribution in [2.75, 3.05) is 5.32 Å². The number of aromatic nitrogens is 2. The van der Waals surface area contributed by atoms with Crippen molar-refractivity contribution in [1.29, 1.82) is 0 Å². The van der Waals surface area contributed by atoms with Crippen LogP contribution in [-0.4, -0.2) is 15.7 Å². The molecule has 0 saturated heterocycles. The van der Waals surface area contributed by atoms with Crippen LogP contribution < -0.4 is 5.32 Å². The Kier molecular flexibility index (Phi) is 3.78. The molecular weight excluding hydrogens is 290 g/mol. The van der Waals surface area contributed by atoms with Gasteiger partial charge in [0.2, 0.25) is 0 Å². The summed E-state index contributed by atoms with van der Waals surface area (Å²) >= 11 is 0. The van der Waals surface area contributed by atoms with Crippen molar-refractivity contribution in [3.63, 3.8) is 0 Å². The molecule has 5 heteroatoms. The first-order chi connectivity index (χ1) is 11.0. The Bertz CT molecular complexity index is 860. The summed E-state index contributed by atoms with van der Waals surface area (Å²) < 4.78 is 7.12. The Hall–Kier alpha value is -2.82. The summed E-state index contributed by atoms with van der Waals surface area (Å²) in [6, 6.07) is 11.7. The fraction of sp³-hybridized carbons (Fsp3) is 0.222. The lowest BCUT2D eigenvalue weighted by Gasteiger charge is -2.06. The molecule has 1 aromatic carbocycles. The van der Waals surface area contributed by atoms with Crippen LogP contribution in [0.25, 0.3) is 11.3 Å². The minimum absolute atomic E-state index is 0.190. The van der Waals surface area contributed by atoms with Crippen LogP contribution in [0.1, 0.15) is 27.4 Å². The van der Waals surface area contributed by atoms with Gasteiger partial charge in [-0.15, -0.1) is 0 Å². The molecule has 2 heterocycles. The number of nitrogens with one attached hydrogen (secondary N) is 1. The van der Waals surface area contributed by atoms with Gasteiger partial charge in [-0.3, -0.25) is 9.48 Å². The van der Waals surface area contributed by atoms with Crippen molar-refractivity contribution in [3.05, 3.63) is 59.0 Å². The molecule has 2 aromatic heterocycles. The molecule has 118 valence electrons. The van der Waals surface area contributed by atoms with E-state index in [4.69, 9.17) is 4.42 Å². The summed E-state index contributed by atoms with van der Waals surface area (Å²) in [4.78, 5) is 12.5. The highest BCUT2D eigenvalue weighted by Gasteiger charge is 2.19. The van der Waals surface area contributed by atoms with Crippen LogP contribution in [-0.2, 0) is 7.05 Å². The topological polar surface area (TPSA) is 60.1 Å². The number of carbonyl (C=O) groups is 1. The summed E-state index contributed by atoms with van der Waals surface area (Å²) in [7, 11) is 1.82. The van der Waals surface area contributed by atoms with Gasteiger partial charge in [-0.1, -0.05) is 30.3 Å². The molecule has 5 nitrogen and oxygen atoms in total. The van der Waals surface area contributed by atoms with Crippen molar-refractivity contribution in [2.24, 2.45) is 7.05 Å². The molecule has 0 spiro atoms. The van der Waals surface area contributed by atoms with Crippen LogP contribution in [0.2, 0.25) is 0 Å². The van der Waals surface area contributed by atoms with Crippen LogP contribution in [0.3, 0.4) is 0 Å². The molecule has 0 bridgehead atoms. The molecule has 0 aliphatic heterocycles. The average molecular weight is 309 g/mol. The molecule has 0 atom stereocenters. The van der Waals surface area contributed by atoms with Gasteiger partial charge in [0.05, 0.1) is 11.3 Å². The van der Waals surface area contributed by atoms with Gasteiger partial charge in [0.1, 0.15) is 17.3 Å². The second-order valence-electron chi connectivity index (χ2n) is 5.59. The van der Waals surface area contributed by atoms with Crippen molar-refractivity contribution in [2.45, 2.75) is 20.8 Å². The van der Waals surface area contributed by atoms with Crippen LogP contribution in [0.15, 0.2) is 40.8 Å². The van der Waals surface area contributed by atoms with E-state index in [0.29, 0.717) is 17.1 Å². The standard InChI is InChI=1S/C18H19N3O2/c1-11-10-15(13(3)23-11)18(22)19-17-12(2)16(20-21(17)4)14-8-6-5-7-9-14/h5-10H,1-4H3,(H,19,22). The highest BCUT2D eigenvalue weighted by Crippen LogP contribution is 2.28. The molecule has 0 radical (unpaired) electrons. The predicted octanol–water partition coefficient (Wildman–Crippen LogP) is 3.86. The normalized spacial score (nSPS) is 10.8. The minimum Gasteiger partial charge on any atom is -0.466 e. The van der Waals surface area contributed by atoms with E-state index in [1.54, 1.807) is 17.7 Å². The monoisotopic (exact) mass is 309 g/mol. The Labute approximate surface area is 134 Å². The first kappa shape index (κ1) is 15.1. The number of hydrogen-bond acceptors (Lipinski definition) is 3. The lowest BCUT2D eigenvalue weighted by Crippen LogP contribution is -2.15. The van der Waals surface area contributed by atoms with Gasteiger partial charge in [-0.2, -0.15) is 5.10 Å². The van der Waals surface area contributed by atoms with E-state index in [0.717, 1.165) is 22.6 Å². The molecule has 3 rings (SSSR count). The first-order valence-electron chi connectivity index (χ1n) is 7.44. The van der Waals surface area contributed by atoms with E-state index in [1.165, 1.54) is 0 Å². The molecule has 23 heavy (non-hydrogen) atoms. The van der Waals surface area contributed by atoms with Crippen LogP contribution >= 0.6 is 0 Å². The van der Waals surface area contributed by atoms with Gasteiger partial charge < -0.3 is 9.73 Å². The summed E-state index contributed by atoms with van der Waals surface area (Å²) in [6.45, 7) is 5.57. The molecule has 0 aliphatic carbocycles. The van der Waals surface area contributed by atoms with Crippen LogP contribution in [0, 0.1) is 20.8 Å². The Morgan fingerprint density at radius 2 is 1.87 bits per heavy atom. The molecule has 0 saturated carbocycles. The third-order valence-electron chi connectivity index (χ3n) is 3.85. The molecule has 3 aromatic rings. The Morgan fingerprint density at radius 3 is 2.48 bits per heavy atom. The van der Waals surface area contributed by atoms with Gasteiger partial charge in [-0.05, 0) is 26.8 Å². The minimum atomic E-state index is -0.190. The molecule has 0 aliphatic rings. The van der Waals surface area contributed by atoms with E-state index >= 15 is 0 Å². The zero-order valence-corrected chi connectivity index (χ0v) is 13.7. The number of anilines is 1. The van der Waals surface area contributed by atoms with E-state index in [1.807, 2.05) is 51.2 Å². The highest BCUT2D eigenvalue weighted by molar-refractivity contribution is 6.05. The summed E-state index contributed by atoms with van der Waals surface area (Å²) in [5.74, 6) is 1.83. The second-order valence-corrected chi connectivity index (χ2v) is 5.59. The predicted molar refractivity (Wildman–Crippen MR) is 89.5 cm³/mol. The van der Waals surface area contributed by atoms with Gasteiger partial charge >= 0.3 is 0 Å². The third-order valence-corrected chi connectivity index (χ3v) is 3.85. The second kappa shape index (κ2) is 5.76. The molecule has 1 amide bonds. The van der Waals surface area contributed by atoms with Crippen molar-refractivity contribution >= 4 is 11.7 Å². The molecular formula is C18H19N3O2. The Balaban J connectivity index is 1.94. The van der Waals surface area contributed by atoms with Gasteiger partial charge in [0.15, 0.2) is 0 Å². The maximum absolute atomic E-state index is 12.5. The molecule has 0 fully saturated rings. The van der Waals surface area contributed by atoms with E-state index in [9.17, 15) is 4.79 Å². The maximum Gasteiger partial charge on any atom is 0.260 e. The zero-order chi connectivity index (χ0) is 16.6. The van der Waals surface area contributed by atoms with E-state index in [-0.39, 0.29) is 5.91 Å². The van der Waals surface area contributed by atoms with Gasteiger partial charge in [0.25, 0.3) is 5.91 Å². The maximum atomic E-state index is 12.5. The van der Waals surface area contributed by atoms with Gasteiger partial charge in [-0.25, -0.2) is 0 Å². The number of benzene rings is 1. The molecule has 0 unspecified atom stereocenters. The van der Waals surface area contributed by atoms with Crippen molar-refractivity contribution in [3.8, 4) is 11.3 Å². The number of furan rings is 1. The molecule has 1 N–H and O–H groups in total. The van der Waals surface area contributed by atoms with Crippen molar-refractivity contribution in [1.82, 2.24) is 9.78 Å². The number of aryl methyl sites for hydroxylation is 3. The number of carbonyl (C=O) groups excluding carboxylic acids is 1. The first-order valence-corrected chi connectivity index (χ1v) is 7.44. The largest absolute Gasteiger partial charge is 0.466 e. The van der Waals surface area contributed by atoms with Crippen LogP contribution in [0.5, 0.6) is 0 Å². The smallest absolute Gasteiger partial charge is 0.260 e. The zero-order valence-electron chi connectivity index (χ0n) is 13.7. The third kappa shape index (κ3) is 2.77.